The third kappa shape index (κ3) is 3.93. The number of imidazole rings is 1. The summed E-state index contributed by atoms with van der Waals surface area (Å²) in [5, 5.41) is 7.93. The molecule has 7 heteroatoms. The number of carbonyl (C=O) groups is 1. The van der Waals surface area contributed by atoms with Crippen LogP contribution in [0.3, 0.4) is 0 Å². The van der Waals surface area contributed by atoms with Crippen LogP contribution in [-0.4, -0.2) is 31.0 Å². The molecule has 6 nitrogen and oxygen atoms in total. The Labute approximate surface area is 151 Å². The van der Waals surface area contributed by atoms with Crippen molar-refractivity contribution in [3.63, 3.8) is 0 Å². The summed E-state index contributed by atoms with van der Waals surface area (Å²) in [4.78, 5) is 16.7. The molecule has 0 saturated carbocycles. The van der Waals surface area contributed by atoms with E-state index in [0.717, 1.165) is 16.4 Å². The first-order valence-electron chi connectivity index (χ1n) is 8.09. The topological polar surface area (TPSA) is 64.7 Å². The smallest absolute Gasteiger partial charge is 0.235 e. The molecule has 1 aromatic carbocycles. The lowest BCUT2D eigenvalue weighted by atomic mass is 10.2. The minimum absolute atomic E-state index is 0.0725. The Morgan fingerprint density at radius 2 is 2.00 bits per heavy atom. The SMILES string of the molecule is CC(C)n1nccc1NC(=O)CSc1ncc(-c2ccccc2)n1C. The Hall–Kier alpha value is -2.54. The van der Waals surface area contributed by atoms with E-state index >= 15 is 0 Å². The summed E-state index contributed by atoms with van der Waals surface area (Å²) in [6.07, 6.45) is 3.52. The largest absolute Gasteiger partial charge is 0.322 e. The minimum Gasteiger partial charge on any atom is -0.322 e. The lowest BCUT2D eigenvalue weighted by Gasteiger charge is -2.11. The number of amides is 1. The lowest BCUT2D eigenvalue weighted by molar-refractivity contribution is -0.113. The van der Waals surface area contributed by atoms with Crippen molar-refractivity contribution in [3.05, 3.63) is 48.8 Å². The average Bonchev–Trinajstić information content (AvgIpc) is 3.20. The van der Waals surface area contributed by atoms with Crippen molar-refractivity contribution in [2.75, 3.05) is 11.1 Å². The van der Waals surface area contributed by atoms with Crippen LogP contribution in [0.25, 0.3) is 11.3 Å². The summed E-state index contributed by atoms with van der Waals surface area (Å²) in [6.45, 7) is 4.05. The van der Waals surface area contributed by atoms with Gasteiger partial charge in [-0.2, -0.15) is 5.10 Å². The Morgan fingerprint density at radius 3 is 2.72 bits per heavy atom. The van der Waals surface area contributed by atoms with Crippen molar-refractivity contribution >= 4 is 23.5 Å². The Morgan fingerprint density at radius 1 is 1.24 bits per heavy atom. The number of rotatable bonds is 6. The Kier molecular flexibility index (Phi) is 5.23. The molecule has 0 aliphatic rings. The first kappa shape index (κ1) is 17.3. The third-order valence-electron chi connectivity index (χ3n) is 3.77. The van der Waals surface area contributed by atoms with Crippen LogP contribution in [0.1, 0.15) is 19.9 Å². The highest BCUT2D eigenvalue weighted by atomic mass is 32.2. The summed E-state index contributed by atoms with van der Waals surface area (Å²) in [6, 6.07) is 12.1. The standard InChI is InChI=1S/C18H21N5OS/c1-13(2)23-16(9-10-20-23)21-17(24)12-25-18-19-11-15(22(18)3)14-7-5-4-6-8-14/h4-11,13H,12H2,1-3H3,(H,21,24). The summed E-state index contributed by atoms with van der Waals surface area (Å²) in [5.41, 5.74) is 2.14. The molecule has 0 unspecified atom stereocenters. The summed E-state index contributed by atoms with van der Waals surface area (Å²) < 4.78 is 3.79. The first-order chi connectivity index (χ1) is 12.1. The molecule has 2 heterocycles. The summed E-state index contributed by atoms with van der Waals surface area (Å²) in [5.74, 6) is 0.935. The second kappa shape index (κ2) is 7.57. The fourth-order valence-corrected chi connectivity index (χ4v) is 3.29. The fourth-order valence-electron chi connectivity index (χ4n) is 2.54. The van der Waals surface area contributed by atoms with Gasteiger partial charge in [0.15, 0.2) is 5.16 Å². The van der Waals surface area contributed by atoms with Gasteiger partial charge in [0, 0.05) is 19.2 Å². The van der Waals surface area contributed by atoms with E-state index in [-0.39, 0.29) is 11.9 Å². The van der Waals surface area contributed by atoms with E-state index in [0.29, 0.717) is 11.6 Å². The monoisotopic (exact) mass is 355 g/mol. The second-order valence-electron chi connectivity index (χ2n) is 5.94. The van der Waals surface area contributed by atoms with Crippen molar-refractivity contribution in [3.8, 4) is 11.3 Å². The number of benzene rings is 1. The lowest BCUT2D eigenvalue weighted by Crippen LogP contribution is -2.18. The predicted molar refractivity (Wildman–Crippen MR) is 101 cm³/mol. The number of nitrogens with zero attached hydrogens (tertiary/aromatic N) is 4. The van der Waals surface area contributed by atoms with E-state index in [9.17, 15) is 4.79 Å². The third-order valence-corrected chi connectivity index (χ3v) is 4.82. The van der Waals surface area contributed by atoms with Crippen molar-refractivity contribution in [1.29, 1.82) is 0 Å². The highest BCUT2D eigenvalue weighted by Gasteiger charge is 2.13. The van der Waals surface area contributed by atoms with Crippen molar-refractivity contribution in [2.45, 2.75) is 25.0 Å². The molecule has 1 N–H and O–H groups in total. The molecular formula is C18H21N5OS. The van der Waals surface area contributed by atoms with Gasteiger partial charge in [-0.1, -0.05) is 42.1 Å². The van der Waals surface area contributed by atoms with Gasteiger partial charge in [-0.05, 0) is 19.4 Å². The van der Waals surface area contributed by atoms with Gasteiger partial charge in [0.2, 0.25) is 5.91 Å². The van der Waals surface area contributed by atoms with E-state index in [1.807, 2.05) is 62.0 Å². The molecule has 0 aliphatic carbocycles. The van der Waals surface area contributed by atoms with Crippen LogP contribution >= 0.6 is 11.8 Å². The molecule has 0 saturated heterocycles. The maximum absolute atomic E-state index is 12.2. The molecule has 1 amide bonds. The second-order valence-corrected chi connectivity index (χ2v) is 6.89. The maximum Gasteiger partial charge on any atom is 0.235 e. The van der Waals surface area contributed by atoms with Crippen molar-refractivity contribution in [1.82, 2.24) is 19.3 Å². The molecule has 0 spiro atoms. The van der Waals surface area contributed by atoms with Crippen molar-refractivity contribution in [2.24, 2.45) is 7.05 Å². The quantitative estimate of drug-likeness (QED) is 0.686. The van der Waals surface area contributed by atoms with Gasteiger partial charge < -0.3 is 9.88 Å². The van der Waals surface area contributed by atoms with Gasteiger partial charge in [0.05, 0.1) is 23.8 Å². The maximum atomic E-state index is 12.2. The highest BCUT2D eigenvalue weighted by molar-refractivity contribution is 7.99. The number of carbonyl (C=O) groups excluding carboxylic acids is 1. The van der Waals surface area contributed by atoms with Crippen LogP contribution in [-0.2, 0) is 11.8 Å². The summed E-state index contributed by atoms with van der Waals surface area (Å²) in [7, 11) is 1.96. The molecule has 3 rings (SSSR count). The Balaban J connectivity index is 1.63. The van der Waals surface area contributed by atoms with Gasteiger partial charge in [-0.3, -0.25) is 4.79 Å². The van der Waals surface area contributed by atoms with Crippen LogP contribution < -0.4 is 5.32 Å². The molecule has 0 bridgehead atoms. The molecule has 2 aromatic heterocycles. The average molecular weight is 355 g/mol. The highest BCUT2D eigenvalue weighted by Crippen LogP contribution is 2.24. The van der Waals surface area contributed by atoms with Crippen molar-refractivity contribution < 1.29 is 4.79 Å². The number of thioether (sulfide) groups is 1. The van der Waals surface area contributed by atoms with Crippen LogP contribution in [0, 0.1) is 0 Å². The minimum atomic E-state index is -0.0725. The Bertz CT molecular complexity index is 853. The fraction of sp³-hybridized carbons (Fsp3) is 0.278. The van der Waals surface area contributed by atoms with Crippen LogP contribution in [0.2, 0.25) is 0 Å². The molecular weight excluding hydrogens is 334 g/mol. The first-order valence-corrected chi connectivity index (χ1v) is 9.08. The van der Waals surface area contributed by atoms with E-state index in [1.165, 1.54) is 11.8 Å². The van der Waals surface area contributed by atoms with E-state index < -0.39 is 0 Å². The van der Waals surface area contributed by atoms with Gasteiger partial charge >= 0.3 is 0 Å². The number of nitrogens with one attached hydrogen (secondary N) is 1. The van der Waals surface area contributed by atoms with Gasteiger partial charge in [0.1, 0.15) is 5.82 Å². The number of aromatic nitrogens is 4. The molecule has 130 valence electrons. The van der Waals surface area contributed by atoms with Gasteiger partial charge in [0.25, 0.3) is 0 Å². The molecule has 0 aliphatic heterocycles. The normalized spacial score (nSPS) is 11.0. The van der Waals surface area contributed by atoms with Crippen LogP contribution in [0.15, 0.2) is 53.9 Å². The van der Waals surface area contributed by atoms with Gasteiger partial charge in [-0.25, -0.2) is 9.67 Å². The molecule has 0 radical (unpaired) electrons. The number of hydrogen-bond donors (Lipinski definition) is 1. The molecule has 25 heavy (non-hydrogen) atoms. The van der Waals surface area contributed by atoms with E-state index in [4.69, 9.17) is 0 Å². The number of anilines is 1. The van der Waals surface area contributed by atoms with Crippen LogP contribution in [0.4, 0.5) is 5.82 Å². The zero-order valence-electron chi connectivity index (χ0n) is 14.5. The van der Waals surface area contributed by atoms with E-state index in [1.54, 1.807) is 16.9 Å². The number of hydrogen-bond acceptors (Lipinski definition) is 4. The molecule has 3 aromatic rings. The van der Waals surface area contributed by atoms with Crippen LogP contribution in [0.5, 0.6) is 0 Å². The molecule has 0 atom stereocenters. The predicted octanol–water partition coefficient (Wildman–Crippen LogP) is 3.60. The summed E-state index contributed by atoms with van der Waals surface area (Å²) >= 11 is 1.42. The zero-order valence-corrected chi connectivity index (χ0v) is 15.3. The van der Waals surface area contributed by atoms with Gasteiger partial charge in [-0.15, -0.1) is 0 Å². The molecule has 0 fully saturated rings. The zero-order chi connectivity index (χ0) is 17.8. The van der Waals surface area contributed by atoms with E-state index in [2.05, 4.69) is 15.4 Å².